The van der Waals surface area contributed by atoms with E-state index in [0.29, 0.717) is 0 Å². The van der Waals surface area contributed by atoms with Crippen LogP contribution in [-0.2, 0) is 0 Å². The zero-order chi connectivity index (χ0) is 19.2. The molecule has 134 valence electrons. The molecule has 0 N–H and O–H groups in total. The maximum absolute atomic E-state index is 2.55. The van der Waals surface area contributed by atoms with Crippen LogP contribution >= 0.6 is 22.6 Å². The van der Waals surface area contributed by atoms with Crippen LogP contribution in [0.4, 0.5) is 0 Å². The molecule has 1 heteroatoms. The second-order valence-corrected chi connectivity index (χ2v) is 8.80. The van der Waals surface area contributed by atoms with Crippen molar-refractivity contribution in [3.8, 4) is 22.3 Å². The Kier molecular flexibility index (Phi) is 5.30. The molecule has 0 saturated heterocycles. The quantitative estimate of drug-likeness (QED) is 0.347. The van der Waals surface area contributed by atoms with Crippen LogP contribution in [0.25, 0.3) is 22.3 Å². The van der Waals surface area contributed by atoms with Gasteiger partial charge in [0.15, 0.2) is 0 Å². The minimum absolute atomic E-state index is 1.31. The summed E-state index contributed by atoms with van der Waals surface area (Å²) in [6.45, 7) is 15.5. The monoisotopic (exact) mass is 454 g/mol. The highest BCUT2D eigenvalue weighted by atomic mass is 127. The van der Waals surface area contributed by atoms with E-state index in [2.05, 4.69) is 107 Å². The summed E-state index contributed by atoms with van der Waals surface area (Å²) in [6.07, 6.45) is 0. The summed E-state index contributed by atoms with van der Waals surface area (Å²) in [6, 6.07) is 13.9. The van der Waals surface area contributed by atoms with Crippen molar-refractivity contribution in [1.82, 2.24) is 0 Å². The molecule has 0 aromatic heterocycles. The van der Waals surface area contributed by atoms with Crippen molar-refractivity contribution in [3.05, 3.63) is 78.9 Å². The Morgan fingerprint density at radius 1 is 0.462 bits per heavy atom. The highest BCUT2D eigenvalue weighted by Crippen LogP contribution is 2.40. The van der Waals surface area contributed by atoms with Crippen LogP contribution in [0.3, 0.4) is 0 Å². The first-order valence-corrected chi connectivity index (χ1v) is 10.2. The Balaban J connectivity index is 2.34. The molecule has 3 rings (SSSR count). The summed E-state index contributed by atoms with van der Waals surface area (Å²) < 4.78 is 1.35. The number of halogens is 1. The van der Waals surface area contributed by atoms with Gasteiger partial charge in [-0.2, -0.15) is 0 Å². The zero-order valence-corrected chi connectivity index (χ0v) is 19.0. The Bertz CT molecular complexity index is 884. The van der Waals surface area contributed by atoms with Gasteiger partial charge in [0.05, 0.1) is 0 Å². The van der Waals surface area contributed by atoms with Crippen molar-refractivity contribution < 1.29 is 0 Å². The number of rotatable bonds is 2. The first kappa shape index (κ1) is 19.2. The molecule has 0 unspecified atom stereocenters. The Morgan fingerprint density at radius 2 is 0.731 bits per heavy atom. The van der Waals surface area contributed by atoms with E-state index < -0.39 is 0 Å². The van der Waals surface area contributed by atoms with Crippen LogP contribution in [0, 0.1) is 52.0 Å². The largest absolute Gasteiger partial charge is 0.0557 e. The Morgan fingerprint density at radius 3 is 1.04 bits per heavy atom. The summed E-state index contributed by atoms with van der Waals surface area (Å²) in [5, 5.41) is 0. The van der Waals surface area contributed by atoms with E-state index in [0.717, 1.165) is 0 Å². The average Bonchev–Trinajstić information content (AvgIpc) is 2.49. The van der Waals surface area contributed by atoms with Gasteiger partial charge in [-0.3, -0.25) is 0 Å². The lowest BCUT2D eigenvalue weighted by molar-refractivity contribution is 1.30. The fraction of sp³-hybridized carbons (Fsp3) is 0.280. The van der Waals surface area contributed by atoms with Crippen molar-refractivity contribution in [2.45, 2.75) is 48.5 Å². The van der Waals surface area contributed by atoms with E-state index in [1.165, 1.54) is 64.8 Å². The predicted octanol–water partition coefficient (Wildman–Crippen LogP) is 7.78. The summed E-state index contributed by atoms with van der Waals surface area (Å²) >= 11 is 2.55. The second kappa shape index (κ2) is 7.19. The molecular formula is C25H27I. The molecule has 0 fully saturated rings. The molecule has 3 aromatic rings. The second-order valence-electron chi connectivity index (χ2n) is 7.72. The van der Waals surface area contributed by atoms with E-state index in [1.807, 2.05) is 0 Å². The fourth-order valence-corrected chi connectivity index (χ4v) is 5.19. The van der Waals surface area contributed by atoms with Gasteiger partial charge in [0.1, 0.15) is 0 Å². The number of hydrogen-bond acceptors (Lipinski definition) is 0. The third kappa shape index (κ3) is 3.46. The van der Waals surface area contributed by atoms with Gasteiger partial charge in [-0.25, -0.2) is 0 Å². The van der Waals surface area contributed by atoms with E-state index in [9.17, 15) is 0 Å². The summed E-state index contributed by atoms with van der Waals surface area (Å²) in [7, 11) is 0. The normalized spacial score (nSPS) is 11.1. The van der Waals surface area contributed by atoms with E-state index >= 15 is 0 Å². The topological polar surface area (TPSA) is 0 Å². The highest BCUT2D eigenvalue weighted by Gasteiger charge is 2.17. The van der Waals surface area contributed by atoms with Gasteiger partial charge in [0.2, 0.25) is 0 Å². The fourth-order valence-electron chi connectivity index (χ4n) is 4.34. The molecule has 0 heterocycles. The zero-order valence-electron chi connectivity index (χ0n) is 16.8. The molecule has 0 radical (unpaired) electrons. The third-order valence-corrected chi connectivity index (χ3v) is 6.27. The lowest BCUT2D eigenvalue weighted by Crippen LogP contribution is -1.98. The summed E-state index contributed by atoms with van der Waals surface area (Å²) in [4.78, 5) is 0. The molecule has 0 aliphatic carbocycles. The average molecular weight is 454 g/mol. The Labute approximate surface area is 171 Å². The molecule has 3 aromatic carbocycles. The van der Waals surface area contributed by atoms with Gasteiger partial charge in [0.25, 0.3) is 0 Å². The molecule has 26 heavy (non-hydrogen) atoms. The van der Waals surface area contributed by atoms with Gasteiger partial charge < -0.3 is 0 Å². The highest BCUT2D eigenvalue weighted by molar-refractivity contribution is 14.1. The molecule has 0 aliphatic rings. The van der Waals surface area contributed by atoms with Gasteiger partial charge in [-0.1, -0.05) is 47.5 Å². The third-order valence-electron chi connectivity index (χ3n) is 5.11. The Hall–Kier alpha value is -1.61. The maximum atomic E-state index is 2.55. The van der Waals surface area contributed by atoms with Crippen LogP contribution in [0.2, 0.25) is 0 Å². The molecular weight excluding hydrogens is 427 g/mol. The minimum atomic E-state index is 1.31. The molecule has 0 saturated carbocycles. The van der Waals surface area contributed by atoms with E-state index in [1.54, 1.807) is 0 Å². The first-order chi connectivity index (χ1) is 12.2. The van der Waals surface area contributed by atoms with Crippen molar-refractivity contribution in [1.29, 1.82) is 0 Å². The van der Waals surface area contributed by atoms with Crippen molar-refractivity contribution in [3.63, 3.8) is 0 Å². The van der Waals surface area contributed by atoms with Gasteiger partial charge in [0, 0.05) is 3.57 Å². The standard InChI is InChI=1S/C25H27I/c1-14-8-17(4)23(18(5)9-14)21-12-16(3)13-22(25(21)26)24-19(6)10-15(2)11-20(24)7/h8-13H,1-7H3. The molecule has 0 bridgehead atoms. The number of benzene rings is 3. The van der Waals surface area contributed by atoms with Crippen molar-refractivity contribution in [2.24, 2.45) is 0 Å². The van der Waals surface area contributed by atoms with Crippen molar-refractivity contribution in [2.75, 3.05) is 0 Å². The van der Waals surface area contributed by atoms with Crippen LogP contribution in [0.5, 0.6) is 0 Å². The smallest absolute Gasteiger partial charge is 0.0287 e. The van der Waals surface area contributed by atoms with Crippen LogP contribution in [0.15, 0.2) is 36.4 Å². The predicted molar refractivity (Wildman–Crippen MR) is 123 cm³/mol. The van der Waals surface area contributed by atoms with Gasteiger partial charge in [-0.15, -0.1) is 0 Å². The molecule has 0 nitrogen and oxygen atoms in total. The van der Waals surface area contributed by atoms with Gasteiger partial charge in [-0.05, 0) is 121 Å². The van der Waals surface area contributed by atoms with Crippen LogP contribution in [-0.4, -0.2) is 0 Å². The summed E-state index contributed by atoms with van der Waals surface area (Å²) in [5.74, 6) is 0. The van der Waals surface area contributed by atoms with Crippen molar-refractivity contribution >= 4 is 22.6 Å². The first-order valence-electron chi connectivity index (χ1n) is 9.15. The SMILES string of the molecule is Cc1cc(C)c(-c2cc(C)cc(-c3c(C)cc(C)cc3C)c2I)c(C)c1. The molecule has 0 aliphatic heterocycles. The lowest BCUT2D eigenvalue weighted by Gasteiger charge is -2.19. The summed E-state index contributed by atoms with van der Waals surface area (Å²) in [5.41, 5.74) is 14.9. The molecule has 0 atom stereocenters. The van der Waals surface area contributed by atoms with Crippen LogP contribution in [0.1, 0.15) is 38.9 Å². The number of aryl methyl sites for hydroxylation is 7. The number of hydrogen-bond donors (Lipinski definition) is 0. The maximum Gasteiger partial charge on any atom is 0.0287 e. The minimum Gasteiger partial charge on any atom is -0.0557 e. The molecule has 0 amide bonds. The van der Waals surface area contributed by atoms with E-state index in [4.69, 9.17) is 0 Å². The van der Waals surface area contributed by atoms with Gasteiger partial charge >= 0.3 is 0 Å². The van der Waals surface area contributed by atoms with Crippen LogP contribution < -0.4 is 0 Å². The van der Waals surface area contributed by atoms with E-state index in [-0.39, 0.29) is 0 Å². The molecule has 0 spiro atoms. The lowest BCUT2D eigenvalue weighted by atomic mass is 9.88.